The van der Waals surface area contributed by atoms with E-state index in [4.69, 9.17) is 24.4 Å². The van der Waals surface area contributed by atoms with Crippen LogP contribution in [0.4, 0.5) is 0 Å². The monoisotopic (exact) mass is 168 g/mol. The van der Waals surface area contributed by atoms with Crippen molar-refractivity contribution in [1.82, 2.24) is 0 Å². The zero-order chi connectivity index (χ0) is 7.56. The smallest absolute Gasteiger partial charge is 0.0401 e. The van der Waals surface area contributed by atoms with E-state index in [1.165, 1.54) is 0 Å². The molecular formula is C8H8S2. The fraction of sp³-hybridized carbons (Fsp3) is 0.250. The maximum atomic E-state index is 5.09. The summed E-state index contributed by atoms with van der Waals surface area (Å²) in [5, 5.41) is 0. The molecule has 0 N–H and O–H groups in total. The van der Waals surface area contributed by atoms with E-state index >= 15 is 0 Å². The molecule has 1 atom stereocenters. The van der Waals surface area contributed by atoms with Crippen LogP contribution in [0.5, 0.6) is 0 Å². The van der Waals surface area contributed by atoms with E-state index in [9.17, 15) is 0 Å². The summed E-state index contributed by atoms with van der Waals surface area (Å²) in [6.45, 7) is 3.67. The van der Waals surface area contributed by atoms with E-state index in [1.54, 1.807) is 0 Å². The van der Waals surface area contributed by atoms with Gasteiger partial charge in [0, 0.05) is 22.1 Å². The number of hydrogen-bond donors (Lipinski definition) is 0. The number of thiocarbonyl (C=S) groups is 2. The van der Waals surface area contributed by atoms with Gasteiger partial charge in [-0.2, -0.15) is 0 Å². The normalized spacial score (nSPS) is 25.0. The molecule has 52 valence electrons. The van der Waals surface area contributed by atoms with E-state index < -0.39 is 0 Å². The summed E-state index contributed by atoms with van der Waals surface area (Å²) in [7, 11) is 0. The molecule has 2 heteroatoms. The standard InChI is InChI=1S/C8H8S2/c1-2-6-4-3-5-7(9)8(6)10/h2-4,6H,1,5H2. The van der Waals surface area contributed by atoms with Gasteiger partial charge in [-0.25, -0.2) is 0 Å². The maximum absolute atomic E-state index is 5.09. The van der Waals surface area contributed by atoms with Crippen molar-refractivity contribution in [1.29, 1.82) is 0 Å². The molecule has 1 aliphatic carbocycles. The highest BCUT2D eigenvalue weighted by molar-refractivity contribution is 7.89. The molecule has 0 bridgehead atoms. The summed E-state index contributed by atoms with van der Waals surface area (Å²) in [5.74, 6) is 0.205. The van der Waals surface area contributed by atoms with Crippen LogP contribution >= 0.6 is 24.4 Å². The van der Waals surface area contributed by atoms with Crippen LogP contribution in [0, 0.1) is 5.92 Å². The van der Waals surface area contributed by atoms with Crippen molar-refractivity contribution in [3.05, 3.63) is 24.8 Å². The van der Waals surface area contributed by atoms with E-state index in [-0.39, 0.29) is 5.92 Å². The first-order valence-corrected chi connectivity index (χ1v) is 3.93. The van der Waals surface area contributed by atoms with Gasteiger partial charge in [-0.15, -0.1) is 6.58 Å². The third kappa shape index (κ3) is 1.39. The van der Waals surface area contributed by atoms with Gasteiger partial charge < -0.3 is 0 Å². The lowest BCUT2D eigenvalue weighted by Gasteiger charge is -2.13. The molecule has 0 aromatic carbocycles. The molecular weight excluding hydrogens is 160 g/mol. The summed E-state index contributed by atoms with van der Waals surface area (Å²) >= 11 is 10.1. The fourth-order valence-electron chi connectivity index (χ4n) is 0.881. The first-order valence-electron chi connectivity index (χ1n) is 3.12. The fourth-order valence-corrected chi connectivity index (χ4v) is 1.37. The molecule has 0 amide bonds. The second-order valence-electron chi connectivity index (χ2n) is 2.18. The molecule has 1 aliphatic rings. The summed E-state index contributed by atoms with van der Waals surface area (Å²) < 4.78 is 0. The highest BCUT2D eigenvalue weighted by Crippen LogP contribution is 2.14. The van der Waals surface area contributed by atoms with Gasteiger partial charge in [0.15, 0.2) is 0 Å². The average molecular weight is 168 g/mol. The van der Waals surface area contributed by atoms with Crippen LogP contribution in [0.1, 0.15) is 6.42 Å². The van der Waals surface area contributed by atoms with Gasteiger partial charge in [-0.3, -0.25) is 0 Å². The van der Waals surface area contributed by atoms with Gasteiger partial charge in [-0.1, -0.05) is 42.7 Å². The highest BCUT2D eigenvalue weighted by Gasteiger charge is 2.14. The number of allylic oxidation sites excluding steroid dienone is 3. The minimum atomic E-state index is 0.205. The molecule has 0 aliphatic heterocycles. The predicted molar refractivity (Wildman–Crippen MR) is 52.6 cm³/mol. The summed E-state index contributed by atoms with van der Waals surface area (Å²) in [5.41, 5.74) is 0. The Morgan fingerprint density at radius 1 is 1.60 bits per heavy atom. The molecule has 1 rings (SSSR count). The lowest BCUT2D eigenvalue weighted by molar-refractivity contribution is 1.15. The molecule has 0 saturated carbocycles. The molecule has 0 aromatic heterocycles. The van der Waals surface area contributed by atoms with Gasteiger partial charge in [0.25, 0.3) is 0 Å². The van der Waals surface area contributed by atoms with Gasteiger partial charge in [-0.05, 0) is 0 Å². The summed E-state index contributed by atoms with van der Waals surface area (Å²) in [6, 6.07) is 0. The van der Waals surface area contributed by atoms with Gasteiger partial charge in [0.05, 0.1) is 0 Å². The SMILES string of the molecule is C=CC1C=CCC(=S)C1=S. The second-order valence-corrected chi connectivity index (χ2v) is 3.11. The predicted octanol–water partition coefficient (Wildman–Crippen LogP) is 2.49. The van der Waals surface area contributed by atoms with Crippen molar-refractivity contribution in [2.45, 2.75) is 6.42 Å². The lowest BCUT2D eigenvalue weighted by Crippen LogP contribution is -2.19. The third-order valence-electron chi connectivity index (χ3n) is 1.48. The van der Waals surface area contributed by atoms with Crippen molar-refractivity contribution in [2.75, 3.05) is 0 Å². The largest absolute Gasteiger partial charge is 0.102 e. The Morgan fingerprint density at radius 3 is 2.80 bits per heavy atom. The zero-order valence-corrected chi connectivity index (χ0v) is 7.17. The first kappa shape index (κ1) is 7.76. The summed E-state index contributed by atoms with van der Waals surface area (Å²) in [4.78, 5) is 1.76. The van der Waals surface area contributed by atoms with Crippen LogP contribution < -0.4 is 0 Å². The molecule has 0 nitrogen and oxygen atoms in total. The molecule has 0 radical (unpaired) electrons. The highest BCUT2D eigenvalue weighted by atomic mass is 32.1. The van der Waals surface area contributed by atoms with Crippen molar-refractivity contribution in [3.63, 3.8) is 0 Å². The first-order chi connectivity index (χ1) is 4.75. The molecule has 0 heterocycles. The van der Waals surface area contributed by atoms with E-state index in [2.05, 4.69) is 6.58 Å². The maximum Gasteiger partial charge on any atom is 0.0401 e. The van der Waals surface area contributed by atoms with Crippen molar-refractivity contribution in [2.24, 2.45) is 5.92 Å². The Balaban J connectivity index is 2.86. The van der Waals surface area contributed by atoms with E-state index in [0.29, 0.717) is 0 Å². The lowest BCUT2D eigenvalue weighted by atomic mass is 9.96. The Labute approximate surface area is 71.6 Å². The Hall–Kier alpha value is -0.340. The number of hydrogen-bond acceptors (Lipinski definition) is 2. The Morgan fingerprint density at radius 2 is 2.30 bits per heavy atom. The molecule has 0 saturated heterocycles. The molecule has 1 unspecified atom stereocenters. The molecule has 10 heavy (non-hydrogen) atoms. The van der Waals surface area contributed by atoms with Crippen LogP contribution in [0.2, 0.25) is 0 Å². The van der Waals surface area contributed by atoms with Gasteiger partial charge >= 0.3 is 0 Å². The van der Waals surface area contributed by atoms with Crippen molar-refractivity contribution in [3.8, 4) is 0 Å². The average Bonchev–Trinajstić information content (AvgIpc) is 1.95. The van der Waals surface area contributed by atoms with Crippen LogP contribution in [-0.2, 0) is 0 Å². The minimum absolute atomic E-state index is 0.205. The van der Waals surface area contributed by atoms with Crippen LogP contribution in [0.25, 0.3) is 0 Å². The van der Waals surface area contributed by atoms with Gasteiger partial charge in [0.1, 0.15) is 0 Å². The second kappa shape index (κ2) is 3.17. The molecule has 0 fully saturated rings. The van der Waals surface area contributed by atoms with Crippen molar-refractivity contribution < 1.29 is 0 Å². The number of rotatable bonds is 1. The van der Waals surface area contributed by atoms with Gasteiger partial charge in [0.2, 0.25) is 0 Å². The Bertz CT molecular complexity index is 213. The quantitative estimate of drug-likeness (QED) is 0.436. The van der Waals surface area contributed by atoms with Crippen LogP contribution in [0.3, 0.4) is 0 Å². The minimum Gasteiger partial charge on any atom is -0.102 e. The molecule has 0 aromatic rings. The molecule has 0 spiro atoms. The van der Waals surface area contributed by atoms with Crippen molar-refractivity contribution >= 4 is 34.2 Å². The van der Waals surface area contributed by atoms with Crippen LogP contribution in [-0.4, -0.2) is 9.73 Å². The van der Waals surface area contributed by atoms with E-state index in [0.717, 1.165) is 16.1 Å². The van der Waals surface area contributed by atoms with E-state index in [1.807, 2.05) is 18.2 Å². The third-order valence-corrected chi connectivity index (χ3v) is 2.51. The summed E-state index contributed by atoms with van der Waals surface area (Å²) in [6.07, 6.45) is 6.75. The zero-order valence-electron chi connectivity index (χ0n) is 5.54. The topological polar surface area (TPSA) is 0 Å². The Kier molecular flexibility index (Phi) is 2.46. The van der Waals surface area contributed by atoms with Crippen LogP contribution in [0.15, 0.2) is 24.8 Å².